The van der Waals surface area contributed by atoms with E-state index in [0.29, 0.717) is 24.8 Å². The van der Waals surface area contributed by atoms with Crippen LogP contribution in [0.4, 0.5) is 21.5 Å². The lowest BCUT2D eigenvalue weighted by atomic mass is 10.00. The van der Waals surface area contributed by atoms with E-state index in [-0.39, 0.29) is 28.6 Å². The lowest BCUT2D eigenvalue weighted by molar-refractivity contribution is 0.0692. The first-order valence-electron chi connectivity index (χ1n) is 10.9. The van der Waals surface area contributed by atoms with Crippen molar-refractivity contribution in [2.75, 3.05) is 43.4 Å². The zero-order chi connectivity index (χ0) is 23.7. The van der Waals surface area contributed by atoms with Gasteiger partial charge in [-0.1, -0.05) is 6.07 Å². The maximum Gasteiger partial charge on any atom is 0.341 e. The Balaban J connectivity index is 1.70. The Morgan fingerprint density at radius 3 is 2.70 bits per heavy atom. The molecule has 2 aromatic carbocycles. The molecule has 1 saturated carbocycles. The van der Waals surface area contributed by atoms with Gasteiger partial charge in [0.05, 0.1) is 23.7 Å². The lowest BCUT2D eigenvalue weighted by Gasteiger charge is -2.27. The van der Waals surface area contributed by atoms with Crippen LogP contribution in [0.3, 0.4) is 0 Å². The molecule has 1 aliphatic carbocycles. The van der Waals surface area contributed by atoms with E-state index in [9.17, 15) is 23.1 Å². The molecule has 0 amide bonds. The molecule has 0 radical (unpaired) electrons. The molecule has 3 atom stereocenters. The van der Waals surface area contributed by atoms with Crippen LogP contribution in [-0.4, -0.2) is 58.5 Å². The van der Waals surface area contributed by atoms with Crippen LogP contribution in [0.1, 0.15) is 41.1 Å². The number of anilines is 3. The zero-order valence-corrected chi connectivity index (χ0v) is 19.4. The first-order chi connectivity index (χ1) is 15.8. The quantitative estimate of drug-likeness (QED) is 0.350. The number of ether oxygens (including phenoxy) is 1. The molecule has 0 spiro atoms. The normalized spacial score (nSPS) is 19.3. The summed E-state index contributed by atoms with van der Waals surface area (Å²) in [4.78, 5) is 14.3. The van der Waals surface area contributed by atoms with Crippen LogP contribution in [0.2, 0.25) is 0 Å². The van der Waals surface area contributed by atoms with Crippen molar-refractivity contribution >= 4 is 34.3 Å². The summed E-state index contributed by atoms with van der Waals surface area (Å²) in [5, 5.41) is 13.1. The van der Waals surface area contributed by atoms with E-state index in [1.165, 1.54) is 24.3 Å². The van der Waals surface area contributed by atoms with Crippen molar-refractivity contribution in [2.45, 2.75) is 25.2 Å². The van der Waals surface area contributed by atoms with Gasteiger partial charge in [-0.2, -0.15) is 0 Å². The van der Waals surface area contributed by atoms with Crippen LogP contribution < -0.4 is 14.4 Å². The lowest BCUT2D eigenvalue weighted by Crippen LogP contribution is -2.24. The van der Waals surface area contributed by atoms with Crippen molar-refractivity contribution in [3.05, 3.63) is 47.3 Å². The van der Waals surface area contributed by atoms with Crippen LogP contribution in [0.25, 0.3) is 0 Å². The fourth-order valence-corrected chi connectivity index (χ4v) is 4.96. The van der Waals surface area contributed by atoms with E-state index < -0.39 is 23.1 Å². The van der Waals surface area contributed by atoms with Gasteiger partial charge in [-0.15, -0.1) is 0 Å². The number of fused-ring (bicyclic) bond motifs is 3. The Bertz CT molecular complexity index is 1080. The largest absolute Gasteiger partial charge is 0.492 e. The summed E-state index contributed by atoms with van der Waals surface area (Å²) >= 11 is -2.62. The minimum Gasteiger partial charge on any atom is -0.492 e. The van der Waals surface area contributed by atoms with Gasteiger partial charge >= 0.3 is 5.97 Å². The van der Waals surface area contributed by atoms with E-state index in [0.717, 1.165) is 35.7 Å². The van der Waals surface area contributed by atoms with Crippen molar-refractivity contribution in [3.8, 4) is 5.75 Å². The number of unbranched alkanes of at least 4 members (excludes halogenated alkanes) is 1. The van der Waals surface area contributed by atoms with Crippen LogP contribution in [0.5, 0.6) is 5.75 Å². The van der Waals surface area contributed by atoms with Gasteiger partial charge in [0.2, 0.25) is 0 Å². The van der Waals surface area contributed by atoms with Gasteiger partial charge in [0, 0.05) is 12.5 Å². The number of benzene rings is 2. The zero-order valence-electron chi connectivity index (χ0n) is 18.6. The third-order valence-corrected chi connectivity index (χ3v) is 6.75. The summed E-state index contributed by atoms with van der Waals surface area (Å²) in [7, 11) is 3.97. The van der Waals surface area contributed by atoms with E-state index in [1.807, 2.05) is 14.1 Å². The Kier molecular flexibility index (Phi) is 6.87. The van der Waals surface area contributed by atoms with E-state index >= 15 is 0 Å². The topological polar surface area (TPSA) is 102 Å². The highest BCUT2D eigenvalue weighted by molar-refractivity contribution is 7.81. The second-order valence-electron chi connectivity index (χ2n) is 8.72. The number of hydrogen-bond acceptors (Lipinski definition) is 5. The van der Waals surface area contributed by atoms with Gasteiger partial charge in [-0.05, 0) is 75.6 Å². The number of carboxylic acid groups (broad SMARTS) is 1. The van der Waals surface area contributed by atoms with Gasteiger partial charge in [0.15, 0.2) is 0 Å². The van der Waals surface area contributed by atoms with Crippen molar-refractivity contribution in [1.29, 1.82) is 0 Å². The average Bonchev–Trinajstić information content (AvgIpc) is 3.54. The van der Waals surface area contributed by atoms with E-state index in [1.54, 1.807) is 6.07 Å². The number of nitrogens with one attached hydrogen (secondary N) is 1. The number of nitrogens with zero attached hydrogens (tertiary/aromatic N) is 2. The SMILES string of the molecule is CN(C)CCCCNc1cc(F)ccc1N(c1ccc2c(c1C(=O)O)OCC1CC21)S(=O)O. The van der Waals surface area contributed by atoms with Crippen LogP contribution in [-0.2, 0) is 11.3 Å². The molecule has 0 aromatic heterocycles. The standard InChI is InChI=1S/C23H28FN3O5S/c1-26(2)10-4-3-9-25-18-12-15(24)5-7-19(18)27(33(30)31)20-8-6-16-17-11-14(17)13-32-22(16)21(20)23(28)29/h5-8,12,14,17,25H,3-4,9-11,13H2,1-2H3,(H,28,29)(H,30,31). The summed E-state index contributed by atoms with van der Waals surface area (Å²) in [5.74, 6) is -0.857. The van der Waals surface area contributed by atoms with Gasteiger partial charge in [0.1, 0.15) is 17.1 Å². The number of hydrogen-bond donors (Lipinski definition) is 3. The average molecular weight is 478 g/mol. The van der Waals surface area contributed by atoms with Gasteiger partial charge < -0.3 is 20.1 Å². The molecular weight excluding hydrogens is 449 g/mol. The van der Waals surface area contributed by atoms with Gasteiger partial charge in [-0.25, -0.2) is 17.7 Å². The molecule has 1 heterocycles. The second-order valence-corrected chi connectivity index (χ2v) is 9.55. The minimum absolute atomic E-state index is 0.0171. The maximum absolute atomic E-state index is 14.1. The van der Waals surface area contributed by atoms with E-state index in [2.05, 4.69) is 10.2 Å². The molecule has 2 aromatic rings. The van der Waals surface area contributed by atoms with Crippen LogP contribution in [0.15, 0.2) is 30.3 Å². The van der Waals surface area contributed by atoms with E-state index in [4.69, 9.17) is 4.74 Å². The molecule has 4 rings (SSSR count). The predicted molar refractivity (Wildman–Crippen MR) is 125 cm³/mol. The molecule has 10 heteroatoms. The minimum atomic E-state index is -2.62. The molecule has 1 aliphatic heterocycles. The molecule has 3 unspecified atom stereocenters. The number of rotatable bonds is 10. The third kappa shape index (κ3) is 4.97. The van der Waals surface area contributed by atoms with Crippen molar-refractivity contribution in [2.24, 2.45) is 5.92 Å². The summed E-state index contributed by atoms with van der Waals surface area (Å²) < 4.78 is 43.5. The van der Waals surface area contributed by atoms with Crippen LogP contribution in [0, 0.1) is 11.7 Å². The molecule has 8 nitrogen and oxygen atoms in total. The first-order valence-corrected chi connectivity index (χ1v) is 12.0. The molecule has 33 heavy (non-hydrogen) atoms. The number of carboxylic acids is 1. The number of carbonyl (C=O) groups is 1. The molecular formula is C23H28FN3O5S. The summed E-state index contributed by atoms with van der Waals surface area (Å²) in [6.07, 6.45) is 2.68. The summed E-state index contributed by atoms with van der Waals surface area (Å²) in [6.45, 7) is 1.86. The van der Waals surface area contributed by atoms with Gasteiger partial charge in [0.25, 0.3) is 11.3 Å². The molecule has 3 N–H and O–H groups in total. The monoisotopic (exact) mass is 477 g/mol. The summed E-state index contributed by atoms with van der Waals surface area (Å²) in [5.41, 5.74) is 1.17. The van der Waals surface area contributed by atoms with Crippen molar-refractivity contribution in [1.82, 2.24) is 4.90 Å². The molecule has 0 bridgehead atoms. The Labute approximate surface area is 194 Å². The number of halogens is 1. The highest BCUT2D eigenvalue weighted by Crippen LogP contribution is 2.56. The molecule has 178 valence electrons. The Morgan fingerprint density at radius 2 is 2.00 bits per heavy atom. The predicted octanol–water partition coefficient (Wildman–Crippen LogP) is 4.05. The fraction of sp³-hybridized carbons (Fsp3) is 0.435. The first kappa shape index (κ1) is 23.5. The fourth-order valence-electron chi connectivity index (χ4n) is 4.32. The smallest absolute Gasteiger partial charge is 0.341 e. The van der Waals surface area contributed by atoms with Crippen molar-refractivity contribution < 1.29 is 27.8 Å². The molecule has 2 aliphatic rings. The third-order valence-electron chi connectivity index (χ3n) is 6.04. The Hall–Kier alpha value is -2.69. The Morgan fingerprint density at radius 1 is 1.24 bits per heavy atom. The number of aromatic carboxylic acids is 1. The highest BCUT2D eigenvalue weighted by atomic mass is 32.2. The van der Waals surface area contributed by atoms with Crippen LogP contribution >= 0.6 is 0 Å². The molecule has 1 fully saturated rings. The van der Waals surface area contributed by atoms with Crippen molar-refractivity contribution in [3.63, 3.8) is 0 Å². The highest BCUT2D eigenvalue weighted by Gasteiger charge is 2.46. The summed E-state index contributed by atoms with van der Waals surface area (Å²) in [6, 6.07) is 7.08. The maximum atomic E-state index is 14.1. The molecule has 0 saturated heterocycles. The second kappa shape index (κ2) is 9.66. The van der Waals surface area contributed by atoms with Gasteiger partial charge in [-0.3, -0.25) is 4.55 Å².